The first kappa shape index (κ1) is 18.8. The quantitative estimate of drug-likeness (QED) is 0.769. The molecule has 1 aromatic rings. The van der Waals surface area contributed by atoms with E-state index in [4.69, 9.17) is 0 Å². The first-order valence-corrected chi connectivity index (χ1v) is 11.7. The Balaban J connectivity index is 1.74. The predicted molar refractivity (Wildman–Crippen MR) is 101 cm³/mol. The highest BCUT2D eigenvalue weighted by atomic mass is 32.2. The SMILES string of the molecule is CS(=O)(=O)C1(C(=O)NCC(c2cccs2)N2CCCC2)CCNCC1. The van der Waals surface area contributed by atoms with E-state index >= 15 is 0 Å². The molecule has 6 nitrogen and oxygen atoms in total. The van der Waals surface area contributed by atoms with Gasteiger partial charge in [0.25, 0.3) is 0 Å². The summed E-state index contributed by atoms with van der Waals surface area (Å²) in [5, 5.41) is 8.18. The molecule has 2 aliphatic rings. The van der Waals surface area contributed by atoms with Gasteiger partial charge in [-0.2, -0.15) is 0 Å². The largest absolute Gasteiger partial charge is 0.353 e. The number of thiophene rings is 1. The van der Waals surface area contributed by atoms with Crippen LogP contribution in [-0.4, -0.2) is 63.0 Å². The van der Waals surface area contributed by atoms with Gasteiger partial charge in [-0.3, -0.25) is 9.69 Å². The molecule has 1 aromatic heterocycles. The third-order valence-electron chi connectivity index (χ3n) is 5.44. The van der Waals surface area contributed by atoms with Crippen molar-refractivity contribution < 1.29 is 13.2 Å². The van der Waals surface area contributed by atoms with Crippen molar-refractivity contribution in [2.24, 2.45) is 0 Å². The number of hydrogen-bond acceptors (Lipinski definition) is 6. The van der Waals surface area contributed by atoms with Crippen molar-refractivity contribution in [3.63, 3.8) is 0 Å². The molecule has 0 bridgehead atoms. The molecule has 1 atom stereocenters. The van der Waals surface area contributed by atoms with E-state index in [2.05, 4.69) is 21.6 Å². The Morgan fingerprint density at radius 2 is 2.04 bits per heavy atom. The molecule has 25 heavy (non-hydrogen) atoms. The lowest BCUT2D eigenvalue weighted by Gasteiger charge is -2.35. The van der Waals surface area contributed by atoms with Gasteiger partial charge in [0.1, 0.15) is 0 Å². The zero-order valence-corrected chi connectivity index (χ0v) is 16.3. The molecule has 0 aliphatic carbocycles. The summed E-state index contributed by atoms with van der Waals surface area (Å²) in [6.45, 7) is 3.63. The van der Waals surface area contributed by atoms with E-state index in [0.29, 0.717) is 32.5 Å². The fraction of sp³-hybridized carbons (Fsp3) is 0.706. The van der Waals surface area contributed by atoms with Crippen LogP contribution >= 0.6 is 11.3 Å². The number of sulfone groups is 1. The minimum Gasteiger partial charge on any atom is -0.353 e. The molecule has 1 amide bonds. The topological polar surface area (TPSA) is 78.5 Å². The Hall–Kier alpha value is -0.960. The Kier molecular flexibility index (Phi) is 5.82. The van der Waals surface area contributed by atoms with Crippen LogP contribution < -0.4 is 10.6 Å². The number of rotatable bonds is 6. The lowest BCUT2D eigenvalue weighted by molar-refractivity contribution is -0.124. The lowest BCUT2D eigenvalue weighted by Crippen LogP contribution is -2.58. The van der Waals surface area contributed by atoms with Gasteiger partial charge in [0.05, 0.1) is 6.04 Å². The fourth-order valence-electron chi connectivity index (χ4n) is 3.89. The molecule has 8 heteroatoms. The minimum absolute atomic E-state index is 0.129. The molecule has 2 fully saturated rings. The van der Waals surface area contributed by atoms with Gasteiger partial charge in [-0.25, -0.2) is 8.42 Å². The van der Waals surface area contributed by atoms with E-state index in [-0.39, 0.29) is 11.9 Å². The summed E-state index contributed by atoms with van der Waals surface area (Å²) in [7, 11) is -3.47. The summed E-state index contributed by atoms with van der Waals surface area (Å²) in [6, 6.07) is 4.25. The van der Waals surface area contributed by atoms with Gasteiger partial charge in [0, 0.05) is 17.7 Å². The molecule has 2 saturated heterocycles. The molecule has 0 aromatic carbocycles. The number of nitrogens with zero attached hydrogens (tertiary/aromatic N) is 1. The second-order valence-electron chi connectivity index (χ2n) is 7.00. The molecule has 2 aliphatic heterocycles. The maximum atomic E-state index is 12.9. The molecule has 1 unspecified atom stereocenters. The Morgan fingerprint density at radius 3 is 2.60 bits per heavy atom. The van der Waals surface area contributed by atoms with E-state index in [0.717, 1.165) is 13.1 Å². The predicted octanol–water partition coefficient (Wildman–Crippen LogP) is 1.17. The summed E-state index contributed by atoms with van der Waals surface area (Å²) in [5.41, 5.74) is 0. The summed E-state index contributed by atoms with van der Waals surface area (Å²) in [6.07, 6.45) is 4.22. The Labute approximate surface area is 153 Å². The van der Waals surface area contributed by atoms with Crippen LogP contribution in [0.5, 0.6) is 0 Å². The van der Waals surface area contributed by atoms with Crippen LogP contribution in [0.25, 0.3) is 0 Å². The zero-order valence-electron chi connectivity index (χ0n) is 14.7. The number of amides is 1. The summed E-state index contributed by atoms with van der Waals surface area (Å²) >= 11 is 1.69. The van der Waals surface area contributed by atoms with Crippen molar-refractivity contribution in [3.8, 4) is 0 Å². The van der Waals surface area contributed by atoms with Crippen LogP contribution in [0.15, 0.2) is 17.5 Å². The lowest BCUT2D eigenvalue weighted by atomic mass is 9.95. The first-order valence-electron chi connectivity index (χ1n) is 8.90. The highest BCUT2D eigenvalue weighted by Gasteiger charge is 2.48. The molecular weight excluding hydrogens is 358 g/mol. The molecule has 0 saturated carbocycles. The van der Waals surface area contributed by atoms with E-state index in [9.17, 15) is 13.2 Å². The van der Waals surface area contributed by atoms with Gasteiger partial charge in [0.2, 0.25) is 5.91 Å². The fourth-order valence-corrected chi connectivity index (χ4v) is 6.11. The Bertz CT molecular complexity index is 676. The maximum absolute atomic E-state index is 12.9. The molecule has 3 rings (SSSR count). The van der Waals surface area contributed by atoms with Crippen molar-refractivity contribution in [1.82, 2.24) is 15.5 Å². The third kappa shape index (κ3) is 3.92. The minimum atomic E-state index is -3.47. The van der Waals surface area contributed by atoms with Crippen molar-refractivity contribution >= 4 is 27.1 Å². The smallest absolute Gasteiger partial charge is 0.241 e. The van der Waals surface area contributed by atoms with Crippen LogP contribution in [-0.2, 0) is 14.6 Å². The van der Waals surface area contributed by atoms with Gasteiger partial charge in [-0.15, -0.1) is 11.3 Å². The van der Waals surface area contributed by atoms with E-state index < -0.39 is 14.6 Å². The zero-order chi connectivity index (χ0) is 17.9. The van der Waals surface area contributed by atoms with Crippen molar-refractivity contribution in [2.75, 3.05) is 39.0 Å². The van der Waals surface area contributed by atoms with E-state index in [1.807, 2.05) is 11.4 Å². The average molecular weight is 386 g/mol. The maximum Gasteiger partial charge on any atom is 0.241 e. The summed E-state index contributed by atoms with van der Waals surface area (Å²) in [5.74, 6) is -0.336. The summed E-state index contributed by atoms with van der Waals surface area (Å²) in [4.78, 5) is 16.5. The van der Waals surface area contributed by atoms with Crippen LogP contribution in [0.4, 0.5) is 0 Å². The van der Waals surface area contributed by atoms with Crippen LogP contribution in [0.2, 0.25) is 0 Å². The third-order valence-corrected chi connectivity index (χ3v) is 8.43. The van der Waals surface area contributed by atoms with Gasteiger partial charge < -0.3 is 10.6 Å². The van der Waals surface area contributed by atoms with Gasteiger partial charge in [-0.05, 0) is 63.3 Å². The molecule has 0 radical (unpaired) electrons. The molecule has 0 spiro atoms. The second-order valence-corrected chi connectivity index (χ2v) is 10.3. The second kappa shape index (κ2) is 7.73. The Morgan fingerprint density at radius 1 is 1.36 bits per heavy atom. The van der Waals surface area contributed by atoms with Gasteiger partial charge in [0.15, 0.2) is 14.6 Å². The number of nitrogens with one attached hydrogen (secondary N) is 2. The average Bonchev–Trinajstić information content (AvgIpc) is 3.28. The number of likely N-dealkylation sites (tertiary alicyclic amines) is 1. The number of carbonyl (C=O) groups is 1. The van der Waals surface area contributed by atoms with Crippen molar-refractivity contribution in [1.29, 1.82) is 0 Å². The first-order chi connectivity index (χ1) is 11.9. The normalized spacial score (nSPS) is 22.6. The standard InChI is InChI=1S/C17H27N3O3S2/c1-25(22,23)17(6-8-18-9-7-17)16(21)19-13-14(15-5-4-12-24-15)20-10-2-3-11-20/h4-5,12,14,18H,2-3,6-11,13H2,1H3,(H,19,21). The number of piperidine rings is 1. The van der Waals surface area contributed by atoms with Crippen LogP contribution in [0.1, 0.15) is 36.6 Å². The van der Waals surface area contributed by atoms with Gasteiger partial charge in [-0.1, -0.05) is 6.07 Å². The molecule has 3 heterocycles. The highest BCUT2D eigenvalue weighted by Crippen LogP contribution is 2.30. The van der Waals surface area contributed by atoms with E-state index in [1.54, 1.807) is 11.3 Å². The summed E-state index contributed by atoms with van der Waals surface area (Å²) < 4.78 is 23.5. The highest BCUT2D eigenvalue weighted by molar-refractivity contribution is 7.92. The van der Waals surface area contributed by atoms with Crippen molar-refractivity contribution in [2.45, 2.75) is 36.5 Å². The monoisotopic (exact) mass is 385 g/mol. The molecule has 2 N–H and O–H groups in total. The number of hydrogen-bond donors (Lipinski definition) is 2. The van der Waals surface area contributed by atoms with E-state index in [1.165, 1.54) is 24.0 Å². The van der Waals surface area contributed by atoms with Crippen LogP contribution in [0, 0.1) is 0 Å². The molecule has 140 valence electrons. The number of carbonyl (C=O) groups excluding carboxylic acids is 1. The van der Waals surface area contributed by atoms with Crippen LogP contribution in [0.3, 0.4) is 0 Å². The van der Waals surface area contributed by atoms with Crippen molar-refractivity contribution in [3.05, 3.63) is 22.4 Å². The molecular formula is C17H27N3O3S2. The van der Waals surface area contributed by atoms with Gasteiger partial charge >= 0.3 is 0 Å².